The minimum atomic E-state index is -0.327. The summed E-state index contributed by atoms with van der Waals surface area (Å²) in [5.41, 5.74) is 1.93. The van der Waals surface area contributed by atoms with Crippen molar-refractivity contribution < 1.29 is 14.2 Å². The topological polar surface area (TPSA) is 75.5 Å². The van der Waals surface area contributed by atoms with E-state index in [1.165, 1.54) is 0 Å². The molecular formula is C19H29N4O3+. The third-order valence-corrected chi connectivity index (χ3v) is 5.77. The zero-order valence-electron chi connectivity index (χ0n) is 15.9. The van der Waals surface area contributed by atoms with Crippen LogP contribution >= 0.6 is 0 Å². The van der Waals surface area contributed by atoms with Gasteiger partial charge in [0.1, 0.15) is 0 Å². The van der Waals surface area contributed by atoms with Crippen LogP contribution < -0.4 is 10.2 Å². The Morgan fingerprint density at radius 1 is 1.35 bits per heavy atom. The molecule has 142 valence electrons. The van der Waals surface area contributed by atoms with Gasteiger partial charge in [-0.3, -0.25) is 14.9 Å². The molecule has 3 aliphatic heterocycles. The third kappa shape index (κ3) is 3.82. The standard InChI is InChI=1S/C19H28N4O3/c1-14(2)20-19(24)13-23-9-6-16(7-10-23)21(8-11-23)17-4-5-18(22(25)26)15(3)12-17/h4-5,12,14,16H,6-11,13H2,1-3H3/p+1. The lowest BCUT2D eigenvalue weighted by atomic mass is 10.0. The predicted molar refractivity (Wildman–Crippen MR) is 101 cm³/mol. The Kier molecular flexibility index (Phi) is 5.18. The highest BCUT2D eigenvalue weighted by molar-refractivity contribution is 5.77. The Balaban J connectivity index is 1.75. The van der Waals surface area contributed by atoms with E-state index in [0.717, 1.165) is 49.2 Å². The number of fused-ring (bicyclic) bond motifs is 4. The van der Waals surface area contributed by atoms with Gasteiger partial charge in [0.25, 0.3) is 11.6 Å². The quantitative estimate of drug-likeness (QED) is 0.496. The summed E-state index contributed by atoms with van der Waals surface area (Å²) >= 11 is 0. The van der Waals surface area contributed by atoms with Gasteiger partial charge < -0.3 is 14.7 Å². The number of nitrogens with one attached hydrogen (secondary N) is 1. The van der Waals surface area contributed by atoms with E-state index in [1.54, 1.807) is 13.0 Å². The van der Waals surface area contributed by atoms with Crippen molar-refractivity contribution in [2.75, 3.05) is 37.6 Å². The fraction of sp³-hybridized carbons (Fsp3) is 0.632. The first-order chi connectivity index (χ1) is 12.3. The van der Waals surface area contributed by atoms with Gasteiger partial charge in [-0.2, -0.15) is 0 Å². The first-order valence-corrected chi connectivity index (χ1v) is 9.46. The van der Waals surface area contributed by atoms with Gasteiger partial charge in [-0.25, -0.2) is 0 Å². The second kappa shape index (κ2) is 7.23. The summed E-state index contributed by atoms with van der Waals surface area (Å²) in [5.74, 6) is 0.137. The first-order valence-electron chi connectivity index (χ1n) is 9.46. The van der Waals surface area contributed by atoms with Crippen molar-refractivity contribution in [2.24, 2.45) is 0 Å². The number of hydrogen-bond acceptors (Lipinski definition) is 4. The van der Waals surface area contributed by atoms with E-state index in [2.05, 4.69) is 10.2 Å². The van der Waals surface area contributed by atoms with Crippen molar-refractivity contribution in [3.8, 4) is 0 Å². The van der Waals surface area contributed by atoms with Crippen molar-refractivity contribution >= 4 is 17.3 Å². The Bertz CT molecular complexity index is 696. The van der Waals surface area contributed by atoms with Crippen LogP contribution in [0.15, 0.2) is 18.2 Å². The molecule has 1 amide bonds. The number of aryl methyl sites for hydroxylation is 1. The summed E-state index contributed by atoms with van der Waals surface area (Å²) in [6.07, 6.45) is 2.12. The van der Waals surface area contributed by atoms with Gasteiger partial charge in [-0.15, -0.1) is 0 Å². The Hall–Kier alpha value is -2.15. The molecular weight excluding hydrogens is 332 g/mol. The van der Waals surface area contributed by atoms with Crippen molar-refractivity contribution in [3.63, 3.8) is 0 Å². The fourth-order valence-corrected chi connectivity index (χ4v) is 4.41. The largest absolute Gasteiger partial charge is 0.362 e. The molecule has 0 atom stereocenters. The molecule has 1 aromatic carbocycles. The monoisotopic (exact) mass is 361 g/mol. The summed E-state index contributed by atoms with van der Waals surface area (Å²) < 4.78 is 0.859. The number of nitro groups is 1. The van der Waals surface area contributed by atoms with Crippen molar-refractivity contribution in [1.82, 2.24) is 5.32 Å². The fourth-order valence-electron chi connectivity index (χ4n) is 4.41. The highest BCUT2D eigenvalue weighted by atomic mass is 16.6. The Labute approximate surface area is 154 Å². The molecule has 0 unspecified atom stereocenters. The van der Waals surface area contributed by atoms with Crippen LogP contribution in [-0.4, -0.2) is 60.1 Å². The third-order valence-electron chi connectivity index (χ3n) is 5.77. The van der Waals surface area contributed by atoms with E-state index < -0.39 is 0 Å². The van der Waals surface area contributed by atoms with Gasteiger partial charge in [0.05, 0.1) is 31.1 Å². The van der Waals surface area contributed by atoms with E-state index >= 15 is 0 Å². The number of carbonyl (C=O) groups is 1. The summed E-state index contributed by atoms with van der Waals surface area (Å²) in [7, 11) is 0. The maximum absolute atomic E-state index is 12.3. The normalized spacial score (nSPS) is 25.2. The number of quaternary nitrogens is 1. The molecule has 3 fully saturated rings. The summed E-state index contributed by atoms with van der Waals surface area (Å²) in [5, 5.41) is 14.1. The minimum absolute atomic E-state index is 0.137. The SMILES string of the molecule is Cc1cc(N2CC[N+]3(CC(=O)NC(C)C)CCC2CC3)ccc1[N+](=O)[O-]. The average Bonchev–Trinajstić information content (AvgIpc) is 2.83. The van der Waals surface area contributed by atoms with Gasteiger partial charge in [-0.1, -0.05) is 0 Å². The zero-order chi connectivity index (χ0) is 18.9. The van der Waals surface area contributed by atoms with E-state index in [4.69, 9.17) is 0 Å². The molecule has 26 heavy (non-hydrogen) atoms. The number of carbonyl (C=O) groups excluding carboxylic acids is 1. The smallest absolute Gasteiger partial charge is 0.275 e. The van der Waals surface area contributed by atoms with Crippen molar-refractivity contribution in [2.45, 2.75) is 45.7 Å². The van der Waals surface area contributed by atoms with E-state index in [0.29, 0.717) is 18.2 Å². The molecule has 3 aliphatic rings. The predicted octanol–water partition coefficient (Wildman–Crippen LogP) is 2.23. The van der Waals surface area contributed by atoms with Gasteiger partial charge in [-0.05, 0) is 32.9 Å². The summed E-state index contributed by atoms with van der Waals surface area (Å²) in [6, 6.07) is 6.04. The zero-order valence-corrected chi connectivity index (χ0v) is 15.9. The van der Waals surface area contributed by atoms with Crippen LogP contribution in [0.25, 0.3) is 0 Å². The molecule has 0 saturated carbocycles. The van der Waals surface area contributed by atoms with Gasteiger partial charge in [0.15, 0.2) is 6.54 Å². The second-order valence-corrected chi connectivity index (χ2v) is 8.05. The highest BCUT2D eigenvalue weighted by Gasteiger charge is 2.41. The number of rotatable bonds is 5. The van der Waals surface area contributed by atoms with Crippen molar-refractivity contribution in [3.05, 3.63) is 33.9 Å². The number of nitro benzene ring substituents is 1. The summed E-state index contributed by atoms with van der Waals surface area (Å²) in [6.45, 7) is 10.2. The Morgan fingerprint density at radius 2 is 2.04 bits per heavy atom. The number of amides is 1. The molecule has 0 radical (unpaired) electrons. The van der Waals surface area contributed by atoms with E-state index in [9.17, 15) is 14.9 Å². The van der Waals surface area contributed by atoms with Crippen LogP contribution in [0, 0.1) is 17.0 Å². The van der Waals surface area contributed by atoms with Crippen LogP contribution in [0.3, 0.4) is 0 Å². The van der Waals surface area contributed by atoms with E-state index in [-0.39, 0.29) is 22.6 Å². The van der Waals surface area contributed by atoms with Gasteiger partial charge in [0, 0.05) is 42.2 Å². The molecule has 7 nitrogen and oxygen atoms in total. The molecule has 2 bridgehead atoms. The number of benzene rings is 1. The van der Waals surface area contributed by atoms with Crippen LogP contribution in [0.1, 0.15) is 32.3 Å². The van der Waals surface area contributed by atoms with Gasteiger partial charge >= 0.3 is 0 Å². The molecule has 7 heteroatoms. The first kappa shape index (κ1) is 18.6. The molecule has 0 aromatic heterocycles. The van der Waals surface area contributed by atoms with Crippen LogP contribution in [0.2, 0.25) is 0 Å². The molecule has 0 spiro atoms. The van der Waals surface area contributed by atoms with E-state index in [1.807, 2.05) is 26.0 Å². The highest BCUT2D eigenvalue weighted by Crippen LogP contribution is 2.33. The summed E-state index contributed by atoms with van der Waals surface area (Å²) in [4.78, 5) is 25.4. The maximum atomic E-state index is 12.3. The second-order valence-electron chi connectivity index (χ2n) is 8.05. The molecule has 3 saturated heterocycles. The molecule has 0 aliphatic carbocycles. The van der Waals surface area contributed by atoms with Crippen LogP contribution in [0.5, 0.6) is 0 Å². The number of nitrogens with zero attached hydrogens (tertiary/aromatic N) is 3. The Morgan fingerprint density at radius 3 is 2.62 bits per heavy atom. The number of hydrogen-bond donors (Lipinski definition) is 1. The lowest BCUT2D eigenvalue weighted by molar-refractivity contribution is -0.921. The lowest BCUT2D eigenvalue weighted by Gasteiger charge is -2.40. The number of piperidine rings is 1. The molecule has 1 N–H and O–H groups in total. The van der Waals surface area contributed by atoms with Crippen LogP contribution in [-0.2, 0) is 4.79 Å². The molecule has 3 heterocycles. The number of anilines is 1. The van der Waals surface area contributed by atoms with Gasteiger partial charge in [0.2, 0.25) is 0 Å². The van der Waals surface area contributed by atoms with Crippen molar-refractivity contribution in [1.29, 1.82) is 0 Å². The maximum Gasteiger partial charge on any atom is 0.275 e. The lowest BCUT2D eigenvalue weighted by Crippen LogP contribution is -2.57. The minimum Gasteiger partial charge on any atom is -0.362 e. The molecule has 4 rings (SSSR count). The average molecular weight is 361 g/mol. The van der Waals surface area contributed by atoms with Crippen LogP contribution in [0.4, 0.5) is 11.4 Å². The molecule has 1 aromatic rings.